The van der Waals surface area contributed by atoms with Crippen LogP contribution in [0.15, 0.2) is 28.8 Å². The molecule has 0 fully saturated rings. The van der Waals surface area contributed by atoms with Gasteiger partial charge in [-0.1, -0.05) is 24.2 Å². The third-order valence-electron chi connectivity index (χ3n) is 3.08. The lowest BCUT2D eigenvalue weighted by Crippen LogP contribution is -2.07. The van der Waals surface area contributed by atoms with Crippen molar-refractivity contribution in [2.75, 3.05) is 7.11 Å². The van der Waals surface area contributed by atoms with Gasteiger partial charge in [0.15, 0.2) is 5.82 Å². The van der Waals surface area contributed by atoms with E-state index in [1.165, 1.54) is 0 Å². The fourth-order valence-corrected chi connectivity index (χ4v) is 2.04. The molecule has 1 aromatic carbocycles. The molecule has 0 aliphatic carbocycles. The van der Waals surface area contributed by atoms with Gasteiger partial charge in [-0.25, -0.2) is 0 Å². The molecule has 0 amide bonds. The summed E-state index contributed by atoms with van der Waals surface area (Å²) in [5.74, 6) is 1.03. The molecule has 2 aromatic rings. The third-order valence-corrected chi connectivity index (χ3v) is 3.08. The number of hydrogen-bond donors (Lipinski definition) is 1. The Bertz CT molecular complexity index is 592. The molecule has 6 heteroatoms. The molecule has 6 nitrogen and oxygen atoms in total. The molecule has 0 radical (unpaired) electrons. The van der Waals surface area contributed by atoms with Crippen molar-refractivity contribution in [1.29, 1.82) is 0 Å². The topological polar surface area (TPSA) is 85.5 Å². The Morgan fingerprint density at radius 1 is 1.38 bits per heavy atom. The highest BCUT2D eigenvalue weighted by Crippen LogP contribution is 2.15. The molecular weight excluding hydrogens is 272 g/mol. The van der Waals surface area contributed by atoms with Crippen LogP contribution < -0.4 is 4.74 Å². The number of hydrogen-bond acceptors (Lipinski definition) is 5. The second kappa shape index (κ2) is 6.88. The fraction of sp³-hybridized carbons (Fsp3) is 0.400. The number of methoxy groups -OCH3 is 1. The van der Waals surface area contributed by atoms with Gasteiger partial charge in [-0.2, -0.15) is 4.98 Å². The van der Waals surface area contributed by atoms with Gasteiger partial charge in [0, 0.05) is 19.3 Å². The van der Waals surface area contributed by atoms with Gasteiger partial charge in [0.2, 0.25) is 5.89 Å². The van der Waals surface area contributed by atoms with Crippen molar-refractivity contribution >= 4 is 5.97 Å². The molecule has 112 valence electrons. The third kappa shape index (κ3) is 4.59. The minimum Gasteiger partial charge on any atom is -0.497 e. The van der Waals surface area contributed by atoms with Crippen LogP contribution in [-0.2, 0) is 17.6 Å². The Morgan fingerprint density at radius 2 is 2.10 bits per heavy atom. The van der Waals surface area contributed by atoms with Crippen molar-refractivity contribution in [2.24, 2.45) is 5.92 Å². The molecule has 0 bridgehead atoms. The molecule has 0 aliphatic heterocycles. The Balaban J connectivity index is 1.94. The largest absolute Gasteiger partial charge is 0.497 e. The van der Waals surface area contributed by atoms with Crippen molar-refractivity contribution in [3.63, 3.8) is 0 Å². The van der Waals surface area contributed by atoms with Crippen LogP contribution in [0.1, 0.15) is 30.6 Å². The number of carboxylic acid groups (broad SMARTS) is 1. The number of rotatable bonds is 7. The molecule has 1 heterocycles. The van der Waals surface area contributed by atoms with Crippen LogP contribution in [0, 0.1) is 5.92 Å². The first kappa shape index (κ1) is 15.0. The average Bonchev–Trinajstić information content (AvgIpc) is 2.85. The van der Waals surface area contributed by atoms with Gasteiger partial charge in [-0.15, -0.1) is 0 Å². The molecule has 1 unspecified atom stereocenters. The van der Waals surface area contributed by atoms with Gasteiger partial charge in [0.25, 0.3) is 0 Å². The van der Waals surface area contributed by atoms with E-state index in [1.807, 2.05) is 31.2 Å². The fourth-order valence-electron chi connectivity index (χ4n) is 2.04. The summed E-state index contributed by atoms with van der Waals surface area (Å²) in [6.07, 6.45) is 1.14. The van der Waals surface area contributed by atoms with Crippen LogP contribution >= 0.6 is 0 Å². The Hall–Kier alpha value is -2.37. The zero-order valence-electron chi connectivity index (χ0n) is 12.1. The molecule has 2 rings (SSSR count). The molecule has 21 heavy (non-hydrogen) atoms. The van der Waals surface area contributed by atoms with Crippen LogP contribution in [0.3, 0.4) is 0 Å². The van der Waals surface area contributed by atoms with E-state index < -0.39 is 5.97 Å². The Labute approximate surface area is 122 Å². The van der Waals surface area contributed by atoms with E-state index in [0.717, 1.165) is 11.3 Å². The number of carboxylic acids is 1. The molecule has 0 spiro atoms. The lowest BCUT2D eigenvalue weighted by molar-refractivity contribution is -0.137. The number of benzene rings is 1. The quantitative estimate of drug-likeness (QED) is 0.842. The number of ether oxygens (including phenoxy) is 1. The Kier molecular flexibility index (Phi) is 4.92. The van der Waals surface area contributed by atoms with Crippen molar-refractivity contribution < 1.29 is 19.2 Å². The van der Waals surface area contributed by atoms with Gasteiger partial charge >= 0.3 is 5.97 Å². The van der Waals surface area contributed by atoms with Crippen molar-refractivity contribution in [2.45, 2.75) is 26.2 Å². The summed E-state index contributed by atoms with van der Waals surface area (Å²) in [4.78, 5) is 14.9. The zero-order valence-corrected chi connectivity index (χ0v) is 12.1. The highest BCUT2D eigenvalue weighted by molar-refractivity contribution is 5.66. The van der Waals surface area contributed by atoms with Crippen LogP contribution in [0.25, 0.3) is 0 Å². The minimum atomic E-state index is -0.819. The lowest BCUT2D eigenvalue weighted by atomic mass is 10.0. The average molecular weight is 290 g/mol. The summed E-state index contributed by atoms with van der Waals surface area (Å²) in [6, 6.07) is 7.65. The van der Waals surface area contributed by atoms with E-state index in [4.69, 9.17) is 14.4 Å². The van der Waals surface area contributed by atoms with E-state index in [0.29, 0.717) is 24.6 Å². The molecular formula is C15H18N2O4. The van der Waals surface area contributed by atoms with Crippen molar-refractivity contribution in [3.8, 4) is 5.75 Å². The summed E-state index contributed by atoms with van der Waals surface area (Å²) in [5.41, 5.74) is 1.06. The van der Waals surface area contributed by atoms with E-state index in [9.17, 15) is 4.79 Å². The normalized spacial score (nSPS) is 12.1. The van der Waals surface area contributed by atoms with Crippen LogP contribution in [0.4, 0.5) is 0 Å². The van der Waals surface area contributed by atoms with E-state index in [2.05, 4.69) is 10.1 Å². The van der Waals surface area contributed by atoms with E-state index >= 15 is 0 Å². The van der Waals surface area contributed by atoms with Gasteiger partial charge in [-0.3, -0.25) is 4.79 Å². The second-order valence-electron chi connectivity index (χ2n) is 5.04. The first-order chi connectivity index (χ1) is 10.1. The monoisotopic (exact) mass is 290 g/mol. The molecule has 0 saturated heterocycles. The van der Waals surface area contributed by atoms with Gasteiger partial charge in [-0.05, 0) is 23.6 Å². The predicted octanol–water partition coefficient (Wildman–Crippen LogP) is 2.32. The lowest BCUT2D eigenvalue weighted by Gasteiger charge is -2.03. The molecule has 0 saturated carbocycles. The minimum absolute atomic E-state index is 0.0308. The van der Waals surface area contributed by atoms with Crippen LogP contribution in [0.2, 0.25) is 0 Å². The smallest absolute Gasteiger partial charge is 0.303 e. The highest BCUT2D eigenvalue weighted by Gasteiger charge is 2.14. The first-order valence-electron chi connectivity index (χ1n) is 6.73. The molecule has 1 aromatic heterocycles. The van der Waals surface area contributed by atoms with E-state index in [1.54, 1.807) is 7.11 Å². The SMILES string of the molecule is COc1ccc(Cc2noc(CC(C)CC(=O)O)n2)cc1. The van der Waals surface area contributed by atoms with Crippen LogP contribution in [-0.4, -0.2) is 28.3 Å². The van der Waals surface area contributed by atoms with E-state index in [-0.39, 0.29) is 12.3 Å². The zero-order chi connectivity index (χ0) is 15.2. The maximum atomic E-state index is 10.6. The molecule has 1 N–H and O–H groups in total. The van der Waals surface area contributed by atoms with Crippen LogP contribution in [0.5, 0.6) is 5.75 Å². The maximum absolute atomic E-state index is 10.6. The summed E-state index contributed by atoms with van der Waals surface area (Å²) in [5, 5.41) is 12.6. The summed E-state index contributed by atoms with van der Waals surface area (Å²) < 4.78 is 10.3. The molecule has 1 atom stereocenters. The van der Waals surface area contributed by atoms with Gasteiger partial charge < -0.3 is 14.4 Å². The van der Waals surface area contributed by atoms with Gasteiger partial charge in [0.05, 0.1) is 7.11 Å². The summed E-state index contributed by atoms with van der Waals surface area (Å²) in [7, 11) is 1.62. The number of nitrogens with zero attached hydrogens (tertiary/aromatic N) is 2. The summed E-state index contributed by atoms with van der Waals surface area (Å²) in [6.45, 7) is 1.85. The number of aromatic nitrogens is 2. The first-order valence-corrected chi connectivity index (χ1v) is 6.73. The standard InChI is InChI=1S/C15H18N2O4/c1-10(8-15(18)19)7-14-16-13(17-21-14)9-11-3-5-12(20-2)6-4-11/h3-6,10H,7-9H2,1-2H3,(H,18,19). The number of carbonyl (C=O) groups is 1. The maximum Gasteiger partial charge on any atom is 0.303 e. The van der Waals surface area contributed by atoms with Gasteiger partial charge in [0.1, 0.15) is 5.75 Å². The summed E-state index contributed by atoms with van der Waals surface area (Å²) >= 11 is 0. The second-order valence-corrected chi connectivity index (χ2v) is 5.04. The molecule has 0 aliphatic rings. The Morgan fingerprint density at radius 3 is 2.71 bits per heavy atom. The van der Waals surface area contributed by atoms with Crippen molar-refractivity contribution in [1.82, 2.24) is 10.1 Å². The van der Waals surface area contributed by atoms with Crippen molar-refractivity contribution in [3.05, 3.63) is 41.5 Å². The number of aliphatic carboxylic acids is 1. The predicted molar refractivity (Wildman–Crippen MR) is 75.2 cm³/mol. The highest BCUT2D eigenvalue weighted by atomic mass is 16.5.